The summed E-state index contributed by atoms with van der Waals surface area (Å²) in [7, 11) is 0. The van der Waals surface area contributed by atoms with Gasteiger partial charge in [0.2, 0.25) is 0 Å². The zero-order valence-electron chi connectivity index (χ0n) is 16.4. The van der Waals surface area contributed by atoms with Crippen molar-refractivity contribution in [2.24, 2.45) is 0 Å². The molecule has 2 N–H and O–H groups in total. The highest BCUT2D eigenvalue weighted by Crippen LogP contribution is 2.41. The van der Waals surface area contributed by atoms with Gasteiger partial charge < -0.3 is 19.7 Å². The second kappa shape index (κ2) is 8.21. The average molecular weight is 410 g/mol. The number of nitrogens with zero attached hydrogens (tertiary/aromatic N) is 2. The second-order valence-electron chi connectivity index (χ2n) is 7.86. The molecule has 6 nitrogen and oxygen atoms in total. The molecule has 1 fully saturated rings. The average Bonchev–Trinajstić information content (AvgIpc) is 3.02. The van der Waals surface area contributed by atoms with E-state index < -0.39 is 0 Å². The SMILES string of the molecule is CSc1nc(NCCC[NH+]2CCOCC2)c2sc3c(c2n1)COC(C)(C)C3. The summed E-state index contributed by atoms with van der Waals surface area (Å²) in [6.07, 6.45) is 4.11. The number of hydrogen-bond donors (Lipinski definition) is 2. The molecule has 8 heteroatoms. The van der Waals surface area contributed by atoms with Crippen molar-refractivity contribution in [3.05, 3.63) is 10.4 Å². The predicted molar refractivity (Wildman–Crippen MR) is 111 cm³/mol. The number of fused-ring (bicyclic) bond motifs is 3. The highest BCUT2D eigenvalue weighted by atomic mass is 32.2. The van der Waals surface area contributed by atoms with E-state index in [1.165, 1.54) is 21.7 Å². The molecule has 0 atom stereocenters. The van der Waals surface area contributed by atoms with Gasteiger partial charge >= 0.3 is 0 Å². The summed E-state index contributed by atoms with van der Waals surface area (Å²) < 4.78 is 12.7. The third-order valence-electron chi connectivity index (χ3n) is 5.27. The maximum Gasteiger partial charge on any atom is 0.189 e. The van der Waals surface area contributed by atoms with Crippen LogP contribution in [0.15, 0.2) is 5.16 Å². The van der Waals surface area contributed by atoms with Crippen LogP contribution in [0.4, 0.5) is 5.82 Å². The monoisotopic (exact) mass is 409 g/mol. The van der Waals surface area contributed by atoms with Crippen LogP contribution in [0.3, 0.4) is 0 Å². The van der Waals surface area contributed by atoms with E-state index >= 15 is 0 Å². The molecular formula is C19H29N4O2S2+. The highest BCUT2D eigenvalue weighted by molar-refractivity contribution is 7.98. The largest absolute Gasteiger partial charge is 0.370 e. The first kappa shape index (κ1) is 19.4. The summed E-state index contributed by atoms with van der Waals surface area (Å²) in [6.45, 7) is 11.1. The maximum absolute atomic E-state index is 6.04. The first-order chi connectivity index (χ1) is 13.1. The van der Waals surface area contributed by atoms with Gasteiger partial charge in [-0.25, -0.2) is 9.97 Å². The van der Waals surface area contributed by atoms with Crippen LogP contribution in [0.1, 0.15) is 30.7 Å². The van der Waals surface area contributed by atoms with E-state index in [0.717, 1.165) is 62.2 Å². The third kappa shape index (κ3) is 4.40. The number of morpholine rings is 1. The van der Waals surface area contributed by atoms with Gasteiger partial charge in [-0.3, -0.25) is 0 Å². The molecule has 2 aliphatic rings. The molecule has 0 bridgehead atoms. The van der Waals surface area contributed by atoms with Crippen LogP contribution in [-0.4, -0.2) is 61.2 Å². The first-order valence-corrected chi connectivity index (χ1v) is 11.8. The van der Waals surface area contributed by atoms with Gasteiger partial charge in [-0.05, 0) is 20.1 Å². The van der Waals surface area contributed by atoms with Crippen molar-refractivity contribution in [1.82, 2.24) is 9.97 Å². The van der Waals surface area contributed by atoms with Gasteiger partial charge in [0.25, 0.3) is 0 Å². The normalized spacial score (nSPS) is 20.0. The highest BCUT2D eigenvalue weighted by Gasteiger charge is 2.30. The summed E-state index contributed by atoms with van der Waals surface area (Å²) in [6, 6.07) is 0. The molecule has 1 saturated heterocycles. The Morgan fingerprint density at radius 2 is 2.07 bits per heavy atom. The van der Waals surface area contributed by atoms with Crippen molar-refractivity contribution >= 4 is 39.1 Å². The first-order valence-electron chi connectivity index (χ1n) is 9.71. The minimum absolute atomic E-state index is 0.0990. The lowest BCUT2D eigenvalue weighted by atomic mass is 9.98. The van der Waals surface area contributed by atoms with E-state index in [9.17, 15) is 0 Å². The molecule has 0 aliphatic carbocycles. The number of hydrogen-bond acceptors (Lipinski definition) is 7. The van der Waals surface area contributed by atoms with Gasteiger partial charge in [-0.2, -0.15) is 0 Å². The number of thioether (sulfide) groups is 1. The Kier molecular flexibility index (Phi) is 5.89. The second-order valence-corrected chi connectivity index (χ2v) is 9.74. The van der Waals surface area contributed by atoms with E-state index in [4.69, 9.17) is 19.4 Å². The fourth-order valence-electron chi connectivity index (χ4n) is 3.71. The fraction of sp³-hybridized carbons (Fsp3) is 0.684. The van der Waals surface area contributed by atoms with Crippen LogP contribution in [0.25, 0.3) is 10.2 Å². The number of aromatic nitrogens is 2. The molecular weight excluding hydrogens is 380 g/mol. The number of nitrogens with one attached hydrogen (secondary N) is 2. The Labute approximate surface area is 169 Å². The molecule has 4 heterocycles. The van der Waals surface area contributed by atoms with Gasteiger partial charge in [0, 0.05) is 29.8 Å². The predicted octanol–water partition coefficient (Wildman–Crippen LogP) is 1.98. The number of thiophene rings is 1. The Hall–Kier alpha value is -0.930. The van der Waals surface area contributed by atoms with Crippen molar-refractivity contribution < 1.29 is 14.4 Å². The van der Waals surface area contributed by atoms with Crippen LogP contribution < -0.4 is 10.2 Å². The minimum atomic E-state index is -0.0990. The van der Waals surface area contributed by atoms with Crippen LogP contribution in [0, 0.1) is 0 Å². The maximum atomic E-state index is 6.04. The van der Waals surface area contributed by atoms with Gasteiger partial charge in [0.15, 0.2) is 5.16 Å². The minimum Gasteiger partial charge on any atom is -0.370 e. The molecule has 0 aromatic carbocycles. The number of quaternary nitrogens is 1. The fourth-order valence-corrected chi connectivity index (χ4v) is 5.50. The van der Waals surface area contributed by atoms with Crippen molar-refractivity contribution in [1.29, 1.82) is 0 Å². The topological polar surface area (TPSA) is 60.7 Å². The molecule has 148 valence electrons. The van der Waals surface area contributed by atoms with Gasteiger partial charge in [-0.15, -0.1) is 11.3 Å². The van der Waals surface area contributed by atoms with Crippen molar-refractivity contribution in [2.45, 2.75) is 44.1 Å². The molecule has 2 aliphatic heterocycles. The van der Waals surface area contributed by atoms with Crippen LogP contribution in [0.2, 0.25) is 0 Å². The van der Waals surface area contributed by atoms with E-state index in [0.29, 0.717) is 6.61 Å². The van der Waals surface area contributed by atoms with E-state index in [-0.39, 0.29) is 5.60 Å². The Balaban J connectivity index is 1.50. The van der Waals surface area contributed by atoms with Gasteiger partial charge in [-0.1, -0.05) is 11.8 Å². The number of anilines is 1. The molecule has 2 aromatic rings. The van der Waals surface area contributed by atoms with Gasteiger partial charge in [0.05, 0.1) is 42.2 Å². The summed E-state index contributed by atoms with van der Waals surface area (Å²) in [5.74, 6) is 0.985. The zero-order valence-corrected chi connectivity index (χ0v) is 18.0. The Morgan fingerprint density at radius 3 is 2.85 bits per heavy atom. The molecule has 0 spiro atoms. The molecule has 0 saturated carbocycles. The molecule has 27 heavy (non-hydrogen) atoms. The standard InChI is InChI=1S/C19H28N4O2S2/c1-19(2)11-14-13(12-25-19)15-16(27-14)17(22-18(21-15)26-3)20-5-4-6-23-7-9-24-10-8-23/h4-12H2,1-3H3,(H,20,21,22)/p+1. The molecule has 4 rings (SSSR count). The van der Waals surface area contributed by atoms with Crippen molar-refractivity contribution in [2.75, 3.05) is 51.0 Å². The Morgan fingerprint density at radius 1 is 1.26 bits per heavy atom. The summed E-state index contributed by atoms with van der Waals surface area (Å²) >= 11 is 3.43. The van der Waals surface area contributed by atoms with Crippen molar-refractivity contribution in [3.63, 3.8) is 0 Å². The van der Waals surface area contributed by atoms with Crippen LogP contribution in [-0.2, 0) is 22.5 Å². The Bertz CT molecular complexity index is 803. The lowest BCUT2D eigenvalue weighted by molar-refractivity contribution is -0.908. The molecule has 0 radical (unpaired) electrons. The van der Waals surface area contributed by atoms with Crippen LogP contribution in [0.5, 0.6) is 0 Å². The lowest BCUT2D eigenvalue weighted by Crippen LogP contribution is -3.14. The van der Waals surface area contributed by atoms with Crippen LogP contribution >= 0.6 is 23.1 Å². The summed E-state index contributed by atoms with van der Waals surface area (Å²) in [5, 5.41) is 4.42. The third-order valence-corrected chi connectivity index (χ3v) is 7.04. The number of rotatable bonds is 6. The summed E-state index contributed by atoms with van der Waals surface area (Å²) in [4.78, 5) is 12.6. The van der Waals surface area contributed by atoms with E-state index in [1.54, 1.807) is 16.7 Å². The molecule has 2 aromatic heterocycles. The summed E-state index contributed by atoms with van der Waals surface area (Å²) in [5.41, 5.74) is 2.23. The molecule has 0 amide bonds. The smallest absolute Gasteiger partial charge is 0.189 e. The van der Waals surface area contributed by atoms with Gasteiger partial charge in [0.1, 0.15) is 18.9 Å². The number of ether oxygens (including phenoxy) is 2. The van der Waals surface area contributed by atoms with E-state index in [2.05, 4.69) is 19.2 Å². The molecule has 0 unspecified atom stereocenters. The van der Waals surface area contributed by atoms with E-state index in [1.807, 2.05) is 17.6 Å². The quantitative estimate of drug-likeness (QED) is 0.432. The van der Waals surface area contributed by atoms with Crippen molar-refractivity contribution in [3.8, 4) is 0 Å². The lowest BCUT2D eigenvalue weighted by Gasteiger charge is -2.29. The zero-order chi connectivity index (χ0) is 18.9.